The topological polar surface area (TPSA) is 38.9 Å². The van der Waals surface area contributed by atoms with Crippen LogP contribution in [0.15, 0.2) is 12.1 Å². The predicted octanol–water partition coefficient (Wildman–Crippen LogP) is 2.90. The van der Waals surface area contributed by atoms with Gasteiger partial charge in [0.1, 0.15) is 11.3 Å². The van der Waals surface area contributed by atoms with E-state index < -0.39 is 0 Å². The maximum absolute atomic E-state index is 13.0. The first kappa shape index (κ1) is 8.17. The maximum atomic E-state index is 13.0. The summed E-state index contributed by atoms with van der Waals surface area (Å²) in [6.45, 7) is 0. The van der Waals surface area contributed by atoms with Crippen molar-refractivity contribution in [3.05, 3.63) is 23.0 Å². The van der Waals surface area contributed by atoms with Crippen molar-refractivity contribution in [2.24, 2.45) is 0 Å². The first-order valence-corrected chi connectivity index (χ1v) is 5.41. The first-order chi connectivity index (χ1) is 6.74. The Hall–Kier alpha value is -1.16. The quantitative estimate of drug-likeness (QED) is 0.732. The molecular weight excluding hydrogens is 199 g/mol. The zero-order valence-electron chi connectivity index (χ0n) is 7.46. The average molecular weight is 208 g/mol. The van der Waals surface area contributed by atoms with E-state index in [2.05, 4.69) is 4.98 Å². The van der Waals surface area contributed by atoms with Crippen molar-refractivity contribution in [2.45, 2.75) is 18.8 Å². The van der Waals surface area contributed by atoms with E-state index in [1.54, 1.807) is 11.3 Å². The van der Waals surface area contributed by atoms with Crippen LogP contribution in [0.25, 0.3) is 10.2 Å². The highest BCUT2D eigenvalue weighted by Crippen LogP contribution is 2.43. The second-order valence-corrected chi connectivity index (χ2v) is 4.73. The van der Waals surface area contributed by atoms with Gasteiger partial charge in [-0.3, -0.25) is 0 Å². The number of hydrogen-bond donors (Lipinski definition) is 1. The van der Waals surface area contributed by atoms with E-state index in [1.807, 2.05) is 0 Å². The highest BCUT2D eigenvalue weighted by atomic mass is 32.1. The molecule has 2 nitrogen and oxygen atoms in total. The minimum absolute atomic E-state index is 0.277. The number of aromatic nitrogens is 1. The van der Waals surface area contributed by atoms with Crippen molar-refractivity contribution in [3.63, 3.8) is 0 Å². The molecule has 0 amide bonds. The van der Waals surface area contributed by atoms with Crippen LogP contribution < -0.4 is 5.73 Å². The normalized spacial score (nSPS) is 16.4. The lowest BCUT2D eigenvalue weighted by Gasteiger charge is -1.93. The number of hydrogen-bond acceptors (Lipinski definition) is 3. The van der Waals surface area contributed by atoms with E-state index in [1.165, 1.54) is 25.0 Å². The Labute approximate surface area is 84.6 Å². The second-order valence-electron chi connectivity index (χ2n) is 3.67. The van der Waals surface area contributed by atoms with Gasteiger partial charge in [-0.1, -0.05) is 0 Å². The number of nitrogens with zero attached hydrogens (tertiary/aromatic N) is 1. The lowest BCUT2D eigenvalue weighted by atomic mass is 10.3. The third kappa shape index (κ3) is 1.18. The Morgan fingerprint density at radius 1 is 1.43 bits per heavy atom. The van der Waals surface area contributed by atoms with Crippen LogP contribution in [0, 0.1) is 5.82 Å². The Bertz CT molecular complexity index is 502. The zero-order chi connectivity index (χ0) is 9.71. The van der Waals surface area contributed by atoms with Crippen LogP contribution in [0.5, 0.6) is 0 Å². The third-order valence-corrected chi connectivity index (χ3v) is 3.60. The largest absolute Gasteiger partial charge is 0.397 e. The molecule has 1 aliphatic carbocycles. The summed E-state index contributed by atoms with van der Waals surface area (Å²) in [5, 5.41) is 1.11. The summed E-state index contributed by atoms with van der Waals surface area (Å²) in [7, 11) is 0. The molecule has 0 unspecified atom stereocenters. The lowest BCUT2D eigenvalue weighted by molar-refractivity contribution is 0.630. The zero-order valence-corrected chi connectivity index (χ0v) is 8.27. The Kier molecular flexibility index (Phi) is 1.56. The van der Waals surface area contributed by atoms with Crippen LogP contribution in [-0.2, 0) is 0 Å². The number of rotatable bonds is 1. The van der Waals surface area contributed by atoms with Crippen LogP contribution in [-0.4, -0.2) is 4.98 Å². The molecule has 72 valence electrons. The van der Waals surface area contributed by atoms with Gasteiger partial charge >= 0.3 is 0 Å². The number of nitrogens with two attached hydrogens (primary N) is 1. The molecule has 0 bridgehead atoms. The summed E-state index contributed by atoms with van der Waals surface area (Å²) in [4.78, 5) is 4.44. The summed E-state index contributed by atoms with van der Waals surface area (Å²) in [5.41, 5.74) is 6.90. The van der Waals surface area contributed by atoms with E-state index in [-0.39, 0.29) is 5.82 Å². The van der Waals surface area contributed by atoms with Crippen molar-refractivity contribution in [2.75, 3.05) is 5.73 Å². The van der Waals surface area contributed by atoms with E-state index in [0.717, 1.165) is 15.2 Å². The molecule has 1 fully saturated rings. The fraction of sp³-hybridized carbons (Fsp3) is 0.300. The van der Waals surface area contributed by atoms with E-state index in [0.29, 0.717) is 11.6 Å². The number of fused-ring (bicyclic) bond motifs is 1. The molecule has 4 heteroatoms. The molecule has 1 aliphatic rings. The summed E-state index contributed by atoms with van der Waals surface area (Å²) < 4.78 is 13.9. The molecule has 0 saturated heterocycles. The van der Waals surface area contributed by atoms with Gasteiger partial charge in [-0.25, -0.2) is 9.37 Å². The summed E-state index contributed by atoms with van der Waals surface area (Å²) in [6, 6.07) is 2.84. The standard InChI is InChI=1S/C10H9FN2S/c11-6-3-7(12)9-8(4-6)14-10(13-9)5-1-2-5/h3-5H,1-2,12H2. The molecule has 1 aromatic heterocycles. The number of thiazole rings is 1. The first-order valence-electron chi connectivity index (χ1n) is 4.59. The third-order valence-electron chi connectivity index (χ3n) is 2.43. The van der Waals surface area contributed by atoms with Crippen molar-refractivity contribution < 1.29 is 4.39 Å². The van der Waals surface area contributed by atoms with Gasteiger partial charge in [-0.05, 0) is 25.0 Å². The molecule has 0 aliphatic heterocycles. The summed E-state index contributed by atoms with van der Waals surface area (Å²) in [5.74, 6) is 0.329. The average Bonchev–Trinajstić information content (AvgIpc) is 2.87. The number of benzene rings is 1. The number of anilines is 1. The van der Waals surface area contributed by atoms with Gasteiger partial charge in [0.25, 0.3) is 0 Å². The predicted molar refractivity (Wildman–Crippen MR) is 56.0 cm³/mol. The smallest absolute Gasteiger partial charge is 0.126 e. The van der Waals surface area contributed by atoms with Crippen LogP contribution >= 0.6 is 11.3 Å². The van der Waals surface area contributed by atoms with Crippen LogP contribution in [0.2, 0.25) is 0 Å². The monoisotopic (exact) mass is 208 g/mol. The Balaban J connectivity index is 2.26. The van der Waals surface area contributed by atoms with Crippen molar-refractivity contribution in [1.82, 2.24) is 4.98 Å². The lowest BCUT2D eigenvalue weighted by Crippen LogP contribution is -1.88. The minimum atomic E-state index is -0.277. The molecule has 2 N–H and O–H groups in total. The van der Waals surface area contributed by atoms with Gasteiger partial charge in [-0.15, -0.1) is 11.3 Å². The van der Waals surface area contributed by atoms with Crippen molar-refractivity contribution >= 4 is 27.2 Å². The summed E-state index contributed by atoms with van der Waals surface area (Å²) in [6.07, 6.45) is 2.42. The van der Waals surface area contributed by atoms with Crippen LogP contribution in [0.3, 0.4) is 0 Å². The van der Waals surface area contributed by atoms with Crippen LogP contribution in [0.1, 0.15) is 23.8 Å². The Morgan fingerprint density at radius 2 is 2.21 bits per heavy atom. The SMILES string of the molecule is Nc1cc(F)cc2sc(C3CC3)nc12. The number of nitrogen functional groups attached to an aromatic ring is 1. The van der Waals surface area contributed by atoms with E-state index in [9.17, 15) is 4.39 Å². The molecule has 0 radical (unpaired) electrons. The molecule has 1 saturated carbocycles. The highest BCUT2D eigenvalue weighted by molar-refractivity contribution is 7.18. The minimum Gasteiger partial charge on any atom is -0.397 e. The maximum Gasteiger partial charge on any atom is 0.126 e. The second kappa shape index (κ2) is 2.67. The number of halogens is 1. The van der Waals surface area contributed by atoms with Gasteiger partial charge in [0.15, 0.2) is 0 Å². The van der Waals surface area contributed by atoms with Gasteiger partial charge in [0.2, 0.25) is 0 Å². The van der Waals surface area contributed by atoms with Crippen LogP contribution in [0.4, 0.5) is 10.1 Å². The fourth-order valence-electron chi connectivity index (χ4n) is 1.54. The van der Waals surface area contributed by atoms with E-state index in [4.69, 9.17) is 5.73 Å². The van der Waals surface area contributed by atoms with Crippen molar-refractivity contribution in [1.29, 1.82) is 0 Å². The molecule has 0 spiro atoms. The molecule has 0 atom stereocenters. The fourth-order valence-corrected chi connectivity index (χ4v) is 2.74. The summed E-state index contributed by atoms with van der Waals surface area (Å²) >= 11 is 1.57. The highest BCUT2D eigenvalue weighted by Gasteiger charge is 2.27. The van der Waals surface area contributed by atoms with Gasteiger partial charge in [0.05, 0.1) is 15.4 Å². The van der Waals surface area contributed by atoms with Gasteiger partial charge in [-0.2, -0.15) is 0 Å². The molecule has 1 heterocycles. The molecule has 14 heavy (non-hydrogen) atoms. The van der Waals surface area contributed by atoms with Crippen molar-refractivity contribution in [3.8, 4) is 0 Å². The molecule has 3 rings (SSSR count). The van der Waals surface area contributed by atoms with Gasteiger partial charge in [0, 0.05) is 5.92 Å². The molecule has 2 aromatic rings. The Morgan fingerprint density at radius 3 is 2.93 bits per heavy atom. The van der Waals surface area contributed by atoms with Gasteiger partial charge < -0.3 is 5.73 Å². The van der Waals surface area contributed by atoms with E-state index >= 15 is 0 Å². The molecular formula is C10H9FN2S. The molecule has 1 aromatic carbocycles.